The van der Waals surface area contributed by atoms with Crippen LogP contribution in [-0.2, 0) is 6.54 Å². The Bertz CT molecular complexity index is 728. The number of amides is 1. The van der Waals surface area contributed by atoms with Gasteiger partial charge in [0.2, 0.25) is 0 Å². The van der Waals surface area contributed by atoms with Crippen molar-refractivity contribution < 1.29 is 4.79 Å². The van der Waals surface area contributed by atoms with Crippen LogP contribution < -0.4 is 16.6 Å². The Balaban J connectivity index is 2.12. The zero-order chi connectivity index (χ0) is 14.0. The second-order valence-corrected chi connectivity index (χ2v) is 5.20. The lowest BCUT2D eigenvalue weighted by molar-refractivity contribution is 0.0949. The first-order valence-electron chi connectivity index (χ1n) is 5.50. The van der Waals surface area contributed by atoms with Gasteiger partial charge in [0.1, 0.15) is 5.56 Å². The van der Waals surface area contributed by atoms with E-state index in [1.165, 1.54) is 11.3 Å². The second-order valence-electron chi connectivity index (χ2n) is 3.91. The van der Waals surface area contributed by atoms with Crippen molar-refractivity contribution in [3.8, 4) is 0 Å². The summed E-state index contributed by atoms with van der Waals surface area (Å²) < 4.78 is 0. The van der Waals surface area contributed by atoms with Gasteiger partial charge in [0, 0.05) is 11.1 Å². The first kappa shape index (κ1) is 13.2. The van der Waals surface area contributed by atoms with E-state index in [1.807, 2.05) is 18.8 Å². The number of nitrogens with zero attached hydrogens (tertiary/aromatic N) is 1. The molecule has 0 aliphatic heterocycles. The van der Waals surface area contributed by atoms with Crippen molar-refractivity contribution in [3.63, 3.8) is 0 Å². The third-order valence-electron chi connectivity index (χ3n) is 2.47. The average molecular weight is 280 g/mol. The number of hydrogen-bond donors (Lipinski definition) is 3. The third-order valence-corrected chi connectivity index (χ3v) is 3.55. The molecule has 0 saturated heterocycles. The van der Waals surface area contributed by atoms with Gasteiger partial charge in [0.15, 0.2) is 0 Å². The number of thiazole rings is 1. The summed E-state index contributed by atoms with van der Waals surface area (Å²) in [5, 5.41) is 3.54. The Morgan fingerprint density at radius 3 is 2.74 bits per heavy atom. The van der Waals surface area contributed by atoms with Crippen LogP contribution in [0.25, 0.3) is 0 Å². The molecule has 1 amide bonds. The van der Waals surface area contributed by atoms with Crippen molar-refractivity contribution in [1.82, 2.24) is 20.3 Å². The molecule has 0 unspecified atom stereocenters. The lowest BCUT2D eigenvalue weighted by Crippen LogP contribution is -2.33. The summed E-state index contributed by atoms with van der Waals surface area (Å²) in [6.07, 6.45) is 1.10. The third kappa shape index (κ3) is 2.97. The molecule has 3 N–H and O–H groups in total. The largest absolute Gasteiger partial charge is 0.347 e. The van der Waals surface area contributed by atoms with Crippen molar-refractivity contribution in [2.24, 2.45) is 0 Å². The van der Waals surface area contributed by atoms with Crippen molar-refractivity contribution in [1.29, 1.82) is 0 Å². The zero-order valence-electron chi connectivity index (χ0n) is 10.4. The summed E-state index contributed by atoms with van der Waals surface area (Å²) in [5.74, 6) is -0.539. The standard InChI is InChI=1S/C11H12N4O3S/c1-5-8(19-6(2)14-5)4-12-9(16)7-3-13-11(18)15-10(7)17/h3H,4H2,1-2H3,(H,12,16)(H2,13,15,17,18). The van der Waals surface area contributed by atoms with Gasteiger partial charge in [-0.1, -0.05) is 0 Å². The maximum Gasteiger partial charge on any atom is 0.325 e. The number of rotatable bonds is 3. The molecule has 0 saturated carbocycles. The van der Waals surface area contributed by atoms with Gasteiger partial charge in [-0.3, -0.25) is 14.6 Å². The molecule has 2 rings (SSSR count). The number of aromatic amines is 2. The summed E-state index contributed by atoms with van der Waals surface area (Å²) >= 11 is 1.49. The number of aryl methyl sites for hydroxylation is 2. The monoisotopic (exact) mass is 280 g/mol. The molecular formula is C11H12N4O3S. The fraction of sp³-hybridized carbons (Fsp3) is 0.273. The second kappa shape index (κ2) is 5.19. The maximum atomic E-state index is 11.8. The van der Waals surface area contributed by atoms with Gasteiger partial charge in [-0.15, -0.1) is 11.3 Å². The first-order chi connectivity index (χ1) is 8.97. The van der Waals surface area contributed by atoms with Gasteiger partial charge in [-0.25, -0.2) is 9.78 Å². The summed E-state index contributed by atoms with van der Waals surface area (Å²) in [6, 6.07) is 0. The van der Waals surface area contributed by atoms with Crippen LogP contribution >= 0.6 is 11.3 Å². The normalized spacial score (nSPS) is 10.4. The molecule has 2 heterocycles. The minimum absolute atomic E-state index is 0.126. The summed E-state index contributed by atoms with van der Waals surface area (Å²) in [5.41, 5.74) is -0.620. The van der Waals surface area contributed by atoms with Crippen LogP contribution in [0, 0.1) is 13.8 Å². The molecule has 0 aliphatic rings. The summed E-state index contributed by atoms with van der Waals surface area (Å²) in [7, 11) is 0. The first-order valence-corrected chi connectivity index (χ1v) is 6.32. The van der Waals surface area contributed by atoms with E-state index < -0.39 is 17.2 Å². The highest BCUT2D eigenvalue weighted by atomic mass is 32.1. The minimum Gasteiger partial charge on any atom is -0.347 e. The van der Waals surface area contributed by atoms with Crippen LogP contribution in [0.2, 0.25) is 0 Å². The van der Waals surface area contributed by atoms with Gasteiger partial charge >= 0.3 is 5.69 Å². The van der Waals surface area contributed by atoms with Gasteiger partial charge < -0.3 is 10.3 Å². The average Bonchev–Trinajstić information content (AvgIpc) is 2.65. The molecule has 0 aromatic carbocycles. The van der Waals surface area contributed by atoms with E-state index in [9.17, 15) is 14.4 Å². The van der Waals surface area contributed by atoms with Crippen LogP contribution in [0.3, 0.4) is 0 Å². The number of hydrogen-bond acceptors (Lipinski definition) is 5. The highest BCUT2D eigenvalue weighted by molar-refractivity contribution is 7.11. The molecule has 2 aromatic rings. The number of H-pyrrole nitrogens is 2. The van der Waals surface area contributed by atoms with E-state index in [0.717, 1.165) is 21.8 Å². The van der Waals surface area contributed by atoms with Crippen LogP contribution in [0.5, 0.6) is 0 Å². The lowest BCUT2D eigenvalue weighted by atomic mass is 10.3. The number of carbonyl (C=O) groups is 1. The molecule has 0 spiro atoms. The Morgan fingerprint density at radius 2 is 2.16 bits per heavy atom. The highest BCUT2D eigenvalue weighted by Crippen LogP contribution is 2.16. The molecule has 0 radical (unpaired) electrons. The Hall–Kier alpha value is -2.22. The fourth-order valence-corrected chi connectivity index (χ4v) is 2.45. The van der Waals surface area contributed by atoms with E-state index in [0.29, 0.717) is 6.54 Å². The van der Waals surface area contributed by atoms with E-state index in [4.69, 9.17) is 0 Å². The molecule has 0 bridgehead atoms. The topological polar surface area (TPSA) is 108 Å². The highest BCUT2D eigenvalue weighted by Gasteiger charge is 2.12. The Kier molecular flexibility index (Phi) is 3.61. The Morgan fingerprint density at radius 1 is 1.42 bits per heavy atom. The van der Waals surface area contributed by atoms with Crippen LogP contribution in [-0.4, -0.2) is 20.9 Å². The molecule has 19 heavy (non-hydrogen) atoms. The number of carbonyl (C=O) groups excluding carboxylic acids is 1. The molecule has 8 heteroatoms. The quantitative estimate of drug-likeness (QED) is 0.739. The molecular weight excluding hydrogens is 268 g/mol. The van der Waals surface area contributed by atoms with Crippen LogP contribution in [0.1, 0.15) is 25.9 Å². The van der Waals surface area contributed by atoms with E-state index in [2.05, 4.69) is 15.3 Å². The van der Waals surface area contributed by atoms with Crippen LogP contribution in [0.4, 0.5) is 0 Å². The Labute approximate surface area is 111 Å². The predicted octanol–water partition coefficient (Wildman–Crippen LogP) is 0.0665. The molecule has 2 aromatic heterocycles. The van der Waals surface area contributed by atoms with Crippen molar-refractivity contribution in [2.75, 3.05) is 0 Å². The van der Waals surface area contributed by atoms with E-state index >= 15 is 0 Å². The number of nitrogens with one attached hydrogen (secondary N) is 3. The molecule has 100 valence electrons. The van der Waals surface area contributed by atoms with Gasteiger partial charge in [-0.05, 0) is 13.8 Å². The number of aromatic nitrogens is 3. The maximum absolute atomic E-state index is 11.8. The lowest BCUT2D eigenvalue weighted by Gasteiger charge is -2.02. The van der Waals surface area contributed by atoms with Gasteiger partial charge in [-0.2, -0.15) is 0 Å². The van der Waals surface area contributed by atoms with E-state index in [-0.39, 0.29) is 5.56 Å². The van der Waals surface area contributed by atoms with Crippen molar-refractivity contribution in [2.45, 2.75) is 20.4 Å². The molecule has 7 nitrogen and oxygen atoms in total. The zero-order valence-corrected chi connectivity index (χ0v) is 11.2. The molecule has 0 fully saturated rings. The smallest absolute Gasteiger partial charge is 0.325 e. The van der Waals surface area contributed by atoms with Crippen molar-refractivity contribution >= 4 is 17.2 Å². The SMILES string of the molecule is Cc1nc(C)c(CNC(=O)c2c[nH]c(=O)[nH]c2=O)s1. The van der Waals surface area contributed by atoms with E-state index in [1.54, 1.807) is 0 Å². The fourth-order valence-electron chi connectivity index (χ4n) is 1.57. The molecule has 0 aliphatic carbocycles. The van der Waals surface area contributed by atoms with Gasteiger partial charge in [0.25, 0.3) is 11.5 Å². The summed E-state index contributed by atoms with van der Waals surface area (Å²) in [6.45, 7) is 4.04. The van der Waals surface area contributed by atoms with Gasteiger partial charge in [0.05, 0.1) is 17.2 Å². The van der Waals surface area contributed by atoms with Crippen LogP contribution in [0.15, 0.2) is 15.8 Å². The molecule has 0 atom stereocenters. The van der Waals surface area contributed by atoms with Crippen molar-refractivity contribution in [3.05, 3.63) is 48.2 Å². The minimum atomic E-state index is -0.710. The summed E-state index contributed by atoms with van der Waals surface area (Å²) in [4.78, 5) is 43.5. The predicted molar refractivity (Wildman–Crippen MR) is 70.4 cm³/mol.